The van der Waals surface area contributed by atoms with Gasteiger partial charge in [-0.2, -0.15) is 0 Å². The van der Waals surface area contributed by atoms with Gasteiger partial charge in [-0.25, -0.2) is 0 Å². The van der Waals surface area contributed by atoms with Gasteiger partial charge in [0.05, 0.1) is 20.8 Å². The Balaban J connectivity index is 2.14. The maximum atomic E-state index is 11.9. The summed E-state index contributed by atoms with van der Waals surface area (Å²) < 4.78 is 0. The van der Waals surface area contributed by atoms with Crippen LogP contribution in [0.2, 0.25) is 15.1 Å². The first kappa shape index (κ1) is 20.6. The van der Waals surface area contributed by atoms with Gasteiger partial charge in [0.25, 0.3) is 0 Å². The lowest BCUT2D eigenvalue weighted by Gasteiger charge is -2.08. The van der Waals surface area contributed by atoms with Crippen LogP contribution in [0.15, 0.2) is 12.1 Å². The van der Waals surface area contributed by atoms with E-state index in [-0.39, 0.29) is 5.91 Å². The summed E-state index contributed by atoms with van der Waals surface area (Å²) in [6, 6.07) is 3.13. The maximum Gasteiger partial charge on any atom is 0.224 e. The molecule has 1 aromatic rings. The molecule has 1 amide bonds. The van der Waals surface area contributed by atoms with E-state index in [9.17, 15) is 4.79 Å². The van der Waals surface area contributed by atoms with Crippen LogP contribution >= 0.6 is 34.8 Å². The van der Waals surface area contributed by atoms with Crippen LogP contribution in [0.4, 0.5) is 5.69 Å². The van der Waals surface area contributed by atoms with E-state index in [1.807, 2.05) is 0 Å². The molecule has 1 rings (SSSR count). The highest BCUT2D eigenvalue weighted by atomic mass is 35.5. The zero-order chi connectivity index (χ0) is 17.1. The highest BCUT2D eigenvalue weighted by Gasteiger charge is 2.09. The Kier molecular flexibility index (Phi) is 10.7. The molecule has 0 unspecified atom stereocenters. The van der Waals surface area contributed by atoms with Gasteiger partial charge < -0.3 is 5.32 Å². The van der Waals surface area contributed by atoms with Gasteiger partial charge in [-0.15, -0.1) is 0 Å². The fourth-order valence-electron chi connectivity index (χ4n) is 2.43. The zero-order valence-corrected chi connectivity index (χ0v) is 16.0. The molecule has 0 aliphatic heterocycles. The molecule has 23 heavy (non-hydrogen) atoms. The number of carbonyl (C=O) groups excluding carboxylic acids is 1. The number of hydrogen-bond acceptors (Lipinski definition) is 1. The predicted octanol–water partition coefficient (Wildman–Crippen LogP) is 7.51. The Morgan fingerprint density at radius 2 is 1.35 bits per heavy atom. The number of amides is 1. The third-order valence-corrected chi connectivity index (χ3v) is 4.83. The van der Waals surface area contributed by atoms with E-state index in [0.717, 1.165) is 12.8 Å². The Bertz CT molecular complexity index is 491. The molecule has 5 heteroatoms. The number of anilines is 1. The van der Waals surface area contributed by atoms with Crippen LogP contribution < -0.4 is 5.32 Å². The van der Waals surface area contributed by atoms with Crippen molar-refractivity contribution in [1.29, 1.82) is 0 Å². The highest BCUT2D eigenvalue weighted by Crippen LogP contribution is 2.32. The largest absolute Gasteiger partial charge is 0.325 e. The topological polar surface area (TPSA) is 29.1 Å². The Hall–Kier alpha value is -0.440. The van der Waals surface area contributed by atoms with Gasteiger partial charge in [0, 0.05) is 6.42 Å². The lowest BCUT2D eigenvalue weighted by molar-refractivity contribution is -0.116. The molecule has 1 N–H and O–H groups in total. The SMILES string of the molecule is CCCCCCCCCCCC(=O)Nc1cc(Cl)c(Cl)cc1Cl. The van der Waals surface area contributed by atoms with Gasteiger partial charge in [0.2, 0.25) is 5.91 Å². The van der Waals surface area contributed by atoms with Gasteiger partial charge in [-0.1, -0.05) is 93.1 Å². The predicted molar refractivity (Wildman–Crippen MR) is 102 cm³/mol. The molecule has 0 spiro atoms. The summed E-state index contributed by atoms with van der Waals surface area (Å²) in [5.74, 6) is -0.0340. The minimum absolute atomic E-state index is 0.0340. The second-order valence-electron chi connectivity index (χ2n) is 5.87. The molecule has 2 nitrogen and oxygen atoms in total. The van der Waals surface area contributed by atoms with E-state index in [0.29, 0.717) is 27.2 Å². The number of carbonyl (C=O) groups is 1. The minimum Gasteiger partial charge on any atom is -0.325 e. The summed E-state index contributed by atoms with van der Waals surface area (Å²) in [7, 11) is 0. The molecule has 0 atom stereocenters. The summed E-state index contributed by atoms with van der Waals surface area (Å²) in [5, 5.41) is 3.96. The monoisotopic (exact) mass is 377 g/mol. The van der Waals surface area contributed by atoms with Crippen molar-refractivity contribution >= 4 is 46.4 Å². The van der Waals surface area contributed by atoms with Crippen molar-refractivity contribution in [2.45, 2.75) is 71.1 Å². The van der Waals surface area contributed by atoms with Gasteiger partial charge in [0.15, 0.2) is 0 Å². The van der Waals surface area contributed by atoms with Crippen LogP contribution in [0.1, 0.15) is 71.1 Å². The summed E-state index contributed by atoms with van der Waals surface area (Å²) in [6.07, 6.45) is 11.6. The molecule has 1 aromatic carbocycles. The van der Waals surface area contributed by atoms with Crippen LogP contribution in [0.25, 0.3) is 0 Å². The van der Waals surface area contributed by atoms with Crippen LogP contribution in [0.3, 0.4) is 0 Å². The normalized spacial score (nSPS) is 10.8. The summed E-state index contributed by atoms with van der Waals surface area (Å²) in [5.41, 5.74) is 0.516. The van der Waals surface area contributed by atoms with Crippen molar-refractivity contribution in [3.8, 4) is 0 Å². The second kappa shape index (κ2) is 12.0. The molecule has 0 aromatic heterocycles. The first-order chi connectivity index (χ1) is 11.0. The van der Waals surface area contributed by atoms with Gasteiger partial charge in [-0.3, -0.25) is 4.79 Å². The first-order valence-electron chi connectivity index (χ1n) is 8.49. The van der Waals surface area contributed by atoms with E-state index in [2.05, 4.69) is 12.2 Å². The average Bonchev–Trinajstić information content (AvgIpc) is 2.51. The van der Waals surface area contributed by atoms with Gasteiger partial charge in [0.1, 0.15) is 0 Å². The third kappa shape index (κ3) is 8.83. The van der Waals surface area contributed by atoms with E-state index in [1.165, 1.54) is 44.9 Å². The van der Waals surface area contributed by atoms with Crippen molar-refractivity contribution in [2.24, 2.45) is 0 Å². The Labute approximate surface area is 154 Å². The van der Waals surface area contributed by atoms with Gasteiger partial charge >= 0.3 is 0 Å². The standard InChI is InChI=1S/C18H26Cl3NO/c1-2-3-4-5-6-7-8-9-10-11-18(23)22-17-13-15(20)14(19)12-16(17)21/h12-13H,2-11H2,1H3,(H,22,23). The maximum absolute atomic E-state index is 11.9. The highest BCUT2D eigenvalue weighted by molar-refractivity contribution is 6.44. The molecule has 0 saturated heterocycles. The van der Waals surface area contributed by atoms with E-state index < -0.39 is 0 Å². The van der Waals surface area contributed by atoms with Crippen molar-refractivity contribution in [2.75, 3.05) is 5.32 Å². The van der Waals surface area contributed by atoms with Crippen molar-refractivity contribution in [1.82, 2.24) is 0 Å². The summed E-state index contributed by atoms with van der Waals surface area (Å²) in [4.78, 5) is 11.9. The molecular weight excluding hydrogens is 353 g/mol. The zero-order valence-electron chi connectivity index (χ0n) is 13.8. The van der Waals surface area contributed by atoms with Gasteiger partial charge in [-0.05, 0) is 18.6 Å². The second-order valence-corrected chi connectivity index (χ2v) is 7.09. The molecule has 0 heterocycles. The summed E-state index contributed by atoms with van der Waals surface area (Å²) in [6.45, 7) is 2.23. The van der Waals surface area contributed by atoms with Crippen molar-refractivity contribution < 1.29 is 4.79 Å². The average molecular weight is 379 g/mol. The Morgan fingerprint density at radius 1 is 0.826 bits per heavy atom. The van der Waals surface area contributed by atoms with E-state index in [1.54, 1.807) is 12.1 Å². The van der Waals surface area contributed by atoms with E-state index >= 15 is 0 Å². The fraction of sp³-hybridized carbons (Fsp3) is 0.611. The summed E-state index contributed by atoms with van der Waals surface area (Å²) >= 11 is 17.8. The lowest BCUT2D eigenvalue weighted by Crippen LogP contribution is -2.11. The fourth-order valence-corrected chi connectivity index (χ4v) is 3.02. The molecule has 0 bridgehead atoms. The number of rotatable bonds is 11. The molecular formula is C18H26Cl3NO. The smallest absolute Gasteiger partial charge is 0.224 e. The minimum atomic E-state index is -0.0340. The Morgan fingerprint density at radius 3 is 1.96 bits per heavy atom. The van der Waals surface area contributed by atoms with Crippen molar-refractivity contribution in [3.05, 3.63) is 27.2 Å². The lowest BCUT2D eigenvalue weighted by atomic mass is 10.1. The molecule has 0 aliphatic carbocycles. The number of hydrogen-bond donors (Lipinski definition) is 1. The van der Waals surface area contributed by atoms with Crippen LogP contribution in [0, 0.1) is 0 Å². The number of benzene rings is 1. The number of unbranched alkanes of at least 4 members (excludes halogenated alkanes) is 8. The number of nitrogens with one attached hydrogen (secondary N) is 1. The van der Waals surface area contributed by atoms with Crippen molar-refractivity contribution in [3.63, 3.8) is 0 Å². The number of halogens is 3. The molecule has 0 fully saturated rings. The van der Waals surface area contributed by atoms with Crippen LogP contribution in [-0.2, 0) is 4.79 Å². The third-order valence-electron chi connectivity index (χ3n) is 3.79. The quantitative estimate of drug-likeness (QED) is 0.313. The molecule has 0 radical (unpaired) electrons. The van der Waals surface area contributed by atoms with E-state index in [4.69, 9.17) is 34.8 Å². The van der Waals surface area contributed by atoms with Crippen LogP contribution in [-0.4, -0.2) is 5.91 Å². The first-order valence-corrected chi connectivity index (χ1v) is 9.62. The molecule has 0 saturated carbocycles. The molecule has 0 aliphatic rings. The van der Waals surface area contributed by atoms with Crippen LogP contribution in [0.5, 0.6) is 0 Å². The molecule has 130 valence electrons.